The molecule has 3 atom stereocenters. The first-order chi connectivity index (χ1) is 11.7. The SMILES string of the molecule is Cl.NC1CCCC(C(=O)N2CCCC2c2cccc3c2OCCO3)C1. The molecule has 6 heteroatoms. The van der Waals surface area contributed by atoms with Gasteiger partial charge in [-0.05, 0) is 38.2 Å². The highest BCUT2D eigenvalue weighted by molar-refractivity contribution is 5.85. The molecule has 3 unspecified atom stereocenters. The van der Waals surface area contributed by atoms with Crippen molar-refractivity contribution in [2.24, 2.45) is 11.7 Å². The van der Waals surface area contributed by atoms with Crippen LogP contribution in [0, 0.1) is 5.92 Å². The molecule has 4 rings (SSSR count). The number of carbonyl (C=O) groups is 1. The topological polar surface area (TPSA) is 64.8 Å². The number of para-hydroxylation sites is 1. The largest absolute Gasteiger partial charge is 0.486 e. The third-order valence-electron chi connectivity index (χ3n) is 5.56. The van der Waals surface area contributed by atoms with Gasteiger partial charge in [0.2, 0.25) is 5.91 Å². The van der Waals surface area contributed by atoms with E-state index in [2.05, 4.69) is 11.0 Å². The molecule has 2 aliphatic heterocycles. The summed E-state index contributed by atoms with van der Waals surface area (Å²) in [5.74, 6) is 2.00. The molecule has 2 heterocycles. The Morgan fingerprint density at radius 3 is 2.80 bits per heavy atom. The van der Waals surface area contributed by atoms with Gasteiger partial charge in [0, 0.05) is 24.1 Å². The summed E-state index contributed by atoms with van der Waals surface area (Å²) >= 11 is 0. The van der Waals surface area contributed by atoms with Crippen LogP contribution in [0.3, 0.4) is 0 Å². The maximum absolute atomic E-state index is 13.1. The molecule has 1 amide bonds. The summed E-state index contributed by atoms with van der Waals surface area (Å²) in [4.78, 5) is 15.2. The second-order valence-corrected chi connectivity index (χ2v) is 7.18. The third-order valence-corrected chi connectivity index (χ3v) is 5.56. The van der Waals surface area contributed by atoms with E-state index in [0.717, 1.165) is 62.1 Å². The van der Waals surface area contributed by atoms with E-state index in [1.54, 1.807) is 0 Å². The number of carbonyl (C=O) groups excluding carboxylic acids is 1. The van der Waals surface area contributed by atoms with E-state index in [9.17, 15) is 4.79 Å². The molecule has 2 fully saturated rings. The lowest BCUT2D eigenvalue weighted by Gasteiger charge is -2.33. The number of ether oxygens (including phenoxy) is 2. The Labute approximate surface area is 155 Å². The van der Waals surface area contributed by atoms with Crippen molar-refractivity contribution in [1.82, 2.24) is 4.90 Å². The first kappa shape index (κ1) is 18.3. The Balaban J connectivity index is 0.00000182. The van der Waals surface area contributed by atoms with Gasteiger partial charge in [-0.15, -0.1) is 12.4 Å². The van der Waals surface area contributed by atoms with E-state index in [0.29, 0.717) is 13.2 Å². The first-order valence-corrected chi connectivity index (χ1v) is 9.18. The molecular weight excluding hydrogens is 340 g/mol. The minimum absolute atomic E-state index is 0. The Morgan fingerprint density at radius 1 is 1.12 bits per heavy atom. The molecule has 2 N–H and O–H groups in total. The van der Waals surface area contributed by atoms with Gasteiger partial charge in [-0.2, -0.15) is 0 Å². The lowest BCUT2D eigenvalue weighted by atomic mass is 9.85. The van der Waals surface area contributed by atoms with Crippen molar-refractivity contribution in [2.45, 2.75) is 50.6 Å². The monoisotopic (exact) mass is 366 g/mol. The van der Waals surface area contributed by atoms with Gasteiger partial charge in [-0.25, -0.2) is 0 Å². The highest BCUT2D eigenvalue weighted by Gasteiger charge is 2.37. The van der Waals surface area contributed by atoms with Gasteiger partial charge in [-0.1, -0.05) is 18.6 Å². The van der Waals surface area contributed by atoms with Crippen molar-refractivity contribution in [1.29, 1.82) is 0 Å². The minimum atomic E-state index is 0. The van der Waals surface area contributed by atoms with Gasteiger partial charge < -0.3 is 20.1 Å². The predicted octanol–water partition coefficient (Wildman–Crippen LogP) is 3.06. The van der Waals surface area contributed by atoms with E-state index in [1.807, 2.05) is 12.1 Å². The van der Waals surface area contributed by atoms with Gasteiger partial charge in [-0.3, -0.25) is 4.79 Å². The molecule has 138 valence electrons. The number of hydrogen-bond donors (Lipinski definition) is 1. The lowest BCUT2D eigenvalue weighted by molar-refractivity contribution is -0.137. The summed E-state index contributed by atoms with van der Waals surface area (Å²) in [6, 6.07) is 6.30. The van der Waals surface area contributed by atoms with Crippen molar-refractivity contribution < 1.29 is 14.3 Å². The second-order valence-electron chi connectivity index (χ2n) is 7.18. The quantitative estimate of drug-likeness (QED) is 0.873. The standard InChI is InChI=1S/C19H26N2O3.ClH/c20-14-5-1-4-13(12-14)19(22)21-9-3-7-16(21)15-6-2-8-17-18(15)24-11-10-23-17;/h2,6,8,13-14,16H,1,3-5,7,9-12,20H2;1H. The fraction of sp³-hybridized carbons (Fsp3) is 0.632. The van der Waals surface area contributed by atoms with Crippen LogP contribution in [-0.2, 0) is 4.79 Å². The lowest BCUT2D eigenvalue weighted by Crippen LogP contribution is -2.40. The molecule has 25 heavy (non-hydrogen) atoms. The first-order valence-electron chi connectivity index (χ1n) is 9.18. The molecule has 0 radical (unpaired) electrons. The molecule has 3 aliphatic rings. The van der Waals surface area contributed by atoms with Crippen LogP contribution < -0.4 is 15.2 Å². The van der Waals surface area contributed by atoms with Gasteiger partial charge in [0.25, 0.3) is 0 Å². The molecule has 1 aliphatic carbocycles. The zero-order valence-corrected chi connectivity index (χ0v) is 15.3. The van der Waals surface area contributed by atoms with E-state index in [1.165, 1.54) is 0 Å². The molecule has 1 aromatic carbocycles. The molecule has 1 aromatic rings. The van der Waals surface area contributed by atoms with Gasteiger partial charge >= 0.3 is 0 Å². The van der Waals surface area contributed by atoms with E-state index >= 15 is 0 Å². The van der Waals surface area contributed by atoms with Gasteiger partial charge in [0.15, 0.2) is 11.5 Å². The molecule has 0 bridgehead atoms. The number of benzene rings is 1. The summed E-state index contributed by atoms with van der Waals surface area (Å²) < 4.78 is 11.6. The summed E-state index contributed by atoms with van der Waals surface area (Å²) in [7, 11) is 0. The number of fused-ring (bicyclic) bond motifs is 1. The molecular formula is C19H27ClN2O3. The van der Waals surface area contributed by atoms with Crippen molar-refractivity contribution in [3.05, 3.63) is 23.8 Å². The minimum Gasteiger partial charge on any atom is -0.486 e. The van der Waals surface area contributed by atoms with Crippen LogP contribution in [0.2, 0.25) is 0 Å². The summed E-state index contributed by atoms with van der Waals surface area (Å²) in [6.45, 7) is 1.99. The summed E-state index contributed by atoms with van der Waals surface area (Å²) in [5.41, 5.74) is 7.19. The van der Waals surface area contributed by atoms with Crippen molar-refractivity contribution in [2.75, 3.05) is 19.8 Å². The van der Waals surface area contributed by atoms with Crippen molar-refractivity contribution >= 4 is 18.3 Å². The summed E-state index contributed by atoms with van der Waals surface area (Å²) in [5, 5.41) is 0. The third kappa shape index (κ3) is 3.58. The van der Waals surface area contributed by atoms with Crippen LogP contribution in [0.15, 0.2) is 18.2 Å². The Morgan fingerprint density at radius 2 is 1.96 bits per heavy atom. The average Bonchev–Trinajstić information content (AvgIpc) is 3.10. The fourth-order valence-electron chi connectivity index (χ4n) is 4.40. The maximum atomic E-state index is 13.1. The normalized spacial score (nSPS) is 28.4. The Bertz CT molecular complexity index is 625. The molecule has 5 nitrogen and oxygen atoms in total. The Hall–Kier alpha value is -1.46. The maximum Gasteiger partial charge on any atom is 0.226 e. The zero-order valence-electron chi connectivity index (χ0n) is 14.5. The second kappa shape index (κ2) is 7.83. The molecule has 0 spiro atoms. The number of likely N-dealkylation sites (tertiary alicyclic amines) is 1. The van der Waals surface area contributed by atoms with Gasteiger partial charge in [0.1, 0.15) is 13.2 Å². The van der Waals surface area contributed by atoms with Crippen LogP contribution in [0.5, 0.6) is 11.5 Å². The van der Waals surface area contributed by atoms with E-state index in [-0.39, 0.29) is 36.3 Å². The number of amides is 1. The van der Waals surface area contributed by atoms with Crippen LogP contribution in [-0.4, -0.2) is 36.6 Å². The van der Waals surface area contributed by atoms with Crippen molar-refractivity contribution in [3.63, 3.8) is 0 Å². The predicted molar refractivity (Wildman–Crippen MR) is 98.3 cm³/mol. The van der Waals surface area contributed by atoms with Gasteiger partial charge in [0.05, 0.1) is 6.04 Å². The molecule has 1 saturated carbocycles. The van der Waals surface area contributed by atoms with Crippen LogP contribution in [0.1, 0.15) is 50.1 Å². The van der Waals surface area contributed by atoms with E-state index < -0.39 is 0 Å². The van der Waals surface area contributed by atoms with Crippen LogP contribution in [0.4, 0.5) is 0 Å². The van der Waals surface area contributed by atoms with E-state index in [4.69, 9.17) is 15.2 Å². The van der Waals surface area contributed by atoms with Crippen LogP contribution >= 0.6 is 12.4 Å². The summed E-state index contributed by atoms with van der Waals surface area (Å²) in [6.07, 6.45) is 5.94. The number of nitrogens with two attached hydrogens (primary N) is 1. The molecule has 1 saturated heterocycles. The molecule has 0 aromatic heterocycles. The number of hydrogen-bond acceptors (Lipinski definition) is 4. The number of halogens is 1. The average molecular weight is 367 g/mol. The smallest absolute Gasteiger partial charge is 0.226 e. The highest BCUT2D eigenvalue weighted by atomic mass is 35.5. The van der Waals surface area contributed by atoms with Crippen LogP contribution in [0.25, 0.3) is 0 Å². The highest BCUT2D eigenvalue weighted by Crippen LogP contribution is 2.43. The van der Waals surface area contributed by atoms with Crippen molar-refractivity contribution in [3.8, 4) is 11.5 Å². The zero-order chi connectivity index (χ0) is 16.5. The number of nitrogens with zero attached hydrogens (tertiary/aromatic N) is 1. The number of rotatable bonds is 2. The Kier molecular flexibility index (Phi) is 5.74. The fourth-order valence-corrected chi connectivity index (χ4v) is 4.40.